The van der Waals surface area contributed by atoms with Gasteiger partial charge in [-0.15, -0.1) is 0 Å². The lowest BCUT2D eigenvalue weighted by Gasteiger charge is -2.01. The zero-order chi connectivity index (χ0) is 10.4. The van der Waals surface area contributed by atoms with E-state index in [1.54, 1.807) is 0 Å². The molecule has 0 spiro atoms. The van der Waals surface area contributed by atoms with Gasteiger partial charge in [-0.05, 0) is 0 Å². The van der Waals surface area contributed by atoms with Gasteiger partial charge in [-0.25, -0.2) is 8.78 Å². The lowest BCUT2D eigenvalue weighted by atomic mass is 10.1. The van der Waals surface area contributed by atoms with Crippen LogP contribution in [0.4, 0.5) is 8.78 Å². The van der Waals surface area contributed by atoms with Crippen LogP contribution in [0.25, 0.3) is 0 Å². The molecule has 1 rings (SSSR count). The van der Waals surface area contributed by atoms with Crippen LogP contribution < -0.4 is 0 Å². The molecule has 74 valence electrons. The molecule has 0 saturated heterocycles. The minimum absolute atomic E-state index is 1.09. The van der Waals surface area contributed by atoms with Crippen molar-refractivity contribution >= 4 is 11.9 Å². The standard InChI is InChI=1S/C7H8F2O4/c1-2(5(10)11)3-4(6(12)13)7(3,8)9/h2-4H,1H3,(H,10,11)(H,12,13)/t2-,3-,4-/m0/s1. The van der Waals surface area contributed by atoms with Gasteiger partial charge in [0, 0.05) is 0 Å². The molecular weight excluding hydrogens is 186 g/mol. The average molecular weight is 194 g/mol. The highest BCUT2D eigenvalue weighted by molar-refractivity contribution is 5.79. The second-order valence-corrected chi connectivity index (χ2v) is 3.14. The first kappa shape index (κ1) is 9.88. The Morgan fingerprint density at radius 1 is 1.38 bits per heavy atom. The van der Waals surface area contributed by atoms with E-state index in [2.05, 4.69) is 0 Å². The molecular formula is C7H8F2O4. The molecule has 0 aromatic heterocycles. The molecule has 0 aromatic carbocycles. The van der Waals surface area contributed by atoms with Gasteiger partial charge in [-0.3, -0.25) is 9.59 Å². The van der Waals surface area contributed by atoms with Crippen molar-refractivity contribution in [2.24, 2.45) is 17.8 Å². The van der Waals surface area contributed by atoms with Crippen molar-refractivity contribution in [2.75, 3.05) is 0 Å². The van der Waals surface area contributed by atoms with Gasteiger partial charge in [0.25, 0.3) is 5.92 Å². The maximum atomic E-state index is 12.7. The minimum atomic E-state index is -3.37. The lowest BCUT2D eigenvalue weighted by Crippen LogP contribution is -2.15. The van der Waals surface area contributed by atoms with E-state index >= 15 is 0 Å². The molecule has 0 amide bonds. The van der Waals surface area contributed by atoms with Crippen molar-refractivity contribution in [3.05, 3.63) is 0 Å². The van der Waals surface area contributed by atoms with E-state index < -0.39 is 35.6 Å². The molecule has 0 bridgehead atoms. The van der Waals surface area contributed by atoms with Crippen molar-refractivity contribution in [1.29, 1.82) is 0 Å². The molecule has 13 heavy (non-hydrogen) atoms. The Balaban J connectivity index is 2.76. The van der Waals surface area contributed by atoms with Crippen LogP contribution in [0.1, 0.15) is 6.92 Å². The summed E-state index contributed by atoms with van der Waals surface area (Å²) in [6.45, 7) is 1.09. The van der Waals surface area contributed by atoms with E-state index in [0.717, 1.165) is 6.92 Å². The molecule has 1 saturated carbocycles. The van der Waals surface area contributed by atoms with E-state index in [-0.39, 0.29) is 0 Å². The quantitative estimate of drug-likeness (QED) is 0.692. The van der Waals surface area contributed by atoms with E-state index in [1.807, 2.05) is 0 Å². The molecule has 1 aliphatic rings. The molecule has 0 unspecified atom stereocenters. The minimum Gasteiger partial charge on any atom is -0.481 e. The number of hydrogen-bond donors (Lipinski definition) is 2. The molecule has 2 N–H and O–H groups in total. The molecule has 1 fully saturated rings. The third-order valence-electron chi connectivity index (χ3n) is 2.30. The third-order valence-corrected chi connectivity index (χ3v) is 2.30. The Labute approximate surface area is 72.2 Å². The molecule has 0 aliphatic heterocycles. The monoisotopic (exact) mass is 194 g/mol. The Hall–Kier alpha value is -1.20. The van der Waals surface area contributed by atoms with Gasteiger partial charge in [-0.2, -0.15) is 0 Å². The zero-order valence-electron chi connectivity index (χ0n) is 6.70. The van der Waals surface area contributed by atoms with Crippen LogP contribution in [-0.2, 0) is 9.59 Å². The third kappa shape index (κ3) is 1.36. The van der Waals surface area contributed by atoms with Crippen molar-refractivity contribution in [1.82, 2.24) is 0 Å². The van der Waals surface area contributed by atoms with Crippen LogP contribution in [-0.4, -0.2) is 28.1 Å². The predicted octanol–water partition coefficient (Wildman–Crippen LogP) is 0.673. The second kappa shape index (κ2) is 2.65. The first-order valence-corrected chi connectivity index (χ1v) is 3.63. The van der Waals surface area contributed by atoms with Gasteiger partial charge in [0.15, 0.2) is 0 Å². The maximum Gasteiger partial charge on any atom is 0.313 e. The molecule has 0 aromatic rings. The maximum absolute atomic E-state index is 12.7. The molecule has 4 nitrogen and oxygen atoms in total. The first-order chi connectivity index (χ1) is 5.80. The number of carboxylic acids is 2. The average Bonchev–Trinajstić information content (AvgIpc) is 2.51. The van der Waals surface area contributed by atoms with E-state index in [4.69, 9.17) is 10.2 Å². The van der Waals surface area contributed by atoms with Gasteiger partial charge in [0.2, 0.25) is 0 Å². The van der Waals surface area contributed by atoms with E-state index in [9.17, 15) is 18.4 Å². The van der Waals surface area contributed by atoms with Gasteiger partial charge in [-0.1, -0.05) is 6.92 Å². The van der Waals surface area contributed by atoms with Gasteiger partial charge in [0.05, 0.1) is 11.8 Å². The van der Waals surface area contributed by atoms with Gasteiger partial charge >= 0.3 is 11.9 Å². The number of halogens is 2. The fourth-order valence-corrected chi connectivity index (χ4v) is 1.44. The summed E-state index contributed by atoms with van der Waals surface area (Å²) in [4.78, 5) is 20.6. The number of carboxylic acid groups (broad SMARTS) is 2. The molecule has 1 aliphatic carbocycles. The fourth-order valence-electron chi connectivity index (χ4n) is 1.44. The molecule has 0 radical (unpaired) electrons. The topological polar surface area (TPSA) is 74.6 Å². The Morgan fingerprint density at radius 2 is 1.85 bits per heavy atom. The summed E-state index contributed by atoms with van der Waals surface area (Å²) in [6, 6.07) is 0. The Kier molecular flexibility index (Phi) is 2.01. The van der Waals surface area contributed by atoms with Crippen LogP contribution in [0.15, 0.2) is 0 Å². The van der Waals surface area contributed by atoms with Crippen molar-refractivity contribution in [3.63, 3.8) is 0 Å². The summed E-state index contributed by atoms with van der Waals surface area (Å²) in [5.74, 6) is -11.1. The van der Waals surface area contributed by atoms with Crippen molar-refractivity contribution in [2.45, 2.75) is 12.8 Å². The number of alkyl halides is 2. The van der Waals surface area contributed by atoms with Crippen LogP contribution in [0.5, 0.6) is 0 Å². The van der Waals surface area contributed by atoms with Crippen LogP contribution in [0, 0.1) is 17.8 Å². The summed E-state index contributed by atoms with van der Waals surface area (Å²) in [7, 11) is 0. The molecule has 6 heteroatoms. The van der Waals surface area contributed by atoms with Crippen molar-refractivity contribution < 1.29 is 28.6 Å². The van der Waals surface area contributed by atoms with Gasteiger partial charge in [0.1, 0.15) is 5.92 Å². The summed E-state index contributed by atoms with van der Waals surface area (Å²) in [6.07, 6.45) is 0. The zero-order valence-corrected chi connectivity index (χ0v) is 6.70. The van der Waals surface area contributed by atoms with Crippen LogP contribution in [0.2, 0.25) is 0 Å². The van der Waals surface area contributed by atoms with Gasteiger partial charge < -0.3 is 10.2 Å². The fraction of sp³-hybridized carbons (Fsp3) is 0.714. The van der Waals surface area contributed by atoms with Crippen LogP contribution in [0.3, 0.4) is 0 Å². The SMILES string of the molecule is C[C@H](C(=O)O)[C@H]1[C@@H](C(=O)O)C1(F)F. The number of carbonyl (C=O) groups is 2. The molecule has 0 heterocycles. The van der Waals surface area contributed by atoms with Crippen LogP contribution >= 0.6 is 0 Å². The number of hydrogen-bond acceptors (Lipinski definition) is 2. The van der Waals surface area contributed by atoms with E-state index in [0.29, 0.717) is 0 Å². The van der Waals surface area contributed by atoms with E-state index in [1.165, 1.54) is 0 Å². The highest BCUT2D eigenvalue weighted by Crippen LogP contribution is 2.58. The number of aliphatic carboxylic acids is 2. The largest absolute Gasteiger partial charge is 0.481 e. The predicted molar refractivity (Wildman–Crippen MR) is 36.4 cm³/mol. The second-order valence-electron chi connectivity index (χ2n) is 3.14. The highest BCUT2D eigenvalue weighted by atomic mass is 19.3. The first-order valence-electron chi connectivity index (χ1n) is 3.63. The summed E-state index contributed by atoms with van der Waals surface area (Å²) in [5, 5.41) is 16.7. The summed E-state index contributed by atoms with van der Waals surface area (Å²) in [5.41, 5.74) is 0. The summed E-state index contributed by atoms with van der Waals surface area (Å²) < 4.78 is 25.4. The summed E-state index contributed by atoms with van der Waals surface area (Å²) >= 11 is 0. The smallest absolute Gasteiger partial charge is 0.313 e. The Bertz CT molecular complexity index is 263. The van der Waals surface area contributed by atoms with Crippen molar-refractivity contribution in [3.8, 4) is 0 Å². The lowest BCUT2D eigenvalue weighted by molar-refractivity contribution is -0.142. The number of rotatable bonds is 3. The highest BCUT2D eigenvalue weighted by Gasteiger charge is 2.74. The Morgan fingerprint density at radius 3 is 2.08 bits per heavy atom. The molecule has 3 atom stereocenters. The normalized spacial score (nSPS) is 32.2.